The van der Waals surface area contributed by atoms with Crippen LogP contribution in [-0.4, -0.2) is 40.6 Å². The Morgan fingerprint density at radius 1 is 1.15 bits per heavy atom. The molecule has 3 aromatic rings. The lowest BCUT2D eigenvalue weighted by Crippen LogP contribution is -2.24. The summed E-state index contributed by atoms with van der Waals surface area (Å²) in [6.07, 6.45) is 8.66. The van der Waals surface area contributed by atoms with Gasteiger partial charge in [0.1, 0.15) is 17.2 Å². The summed E-state index contributed by atoms with van der Waals surface area (Å²) < 4.78 is 13.8. The number of phenolic OH excluding ortho intramolecular Hbond substituents is 1. The minimum atomic E-state index is -0.134. The third-order valence-electron chi connectivity index (χ3n) is 7.05. The molecule has 5 rings (SSSR count). The number of Topliss-reactive ketones (excluding diaryl/α,β-unsaturated/α-hetero) is 1. The quantitative estimate of drug-likeness (QED) is 0.497. The van der Waals surface area contributed by atoms with E-state index in [4.69, 9.17) is 9.47 Å². The van der Waals surface area contributed by atoms with Crippen LogP contribution in [0.25, 0.3) is 17.0 Å². The number of hydrogen-bond donors (Lipinski definition) is 1. The number of fused-ring (bicyclic) bond motifs is 2. The second kappa shape index (κ2) is 9.18. The van der Waals surface area contributed by atoms with E-state index in [0.29, 0.717) is 29.2 Å². The van der Waals surface area contributed by atoms with Crippen molar-refractivity contribution in [2.45, 2.75) is 52.6 Å². The summed E-state index contributed by atoms with van der Waals surface area (Å²) in [6, 6.07) is 7.67. The third kappa shape index (κ3) is 3.96. The SMILES string of the molecule is CCn1cc(/C=C2\Oc3c(CN4CCCCCC4)c(O)cc(C)c3C2=O)c2cc(OC)ccc21. The molecular formula is C28H32N2O4. The number of aromatic nitrogens is 1. The molecule has 178 valence electrons. The van der Waals surface area contributed by atoms with Gasteiger partial charge in [0, 0.05) is 35.8 Å². The molecule has 0 aliphatic carbocycles. The van der Waals surface area contributed by atoms with Crippen LogP contribution in [0.2, 0.25) is 0 Å². The fourth-order valence-corrected chi connectivity index (χ4v) is 5.20. The summed E-state index contributed by atoms with van der Waals surface area (Å²) in [5, 5.41) is 11.8. The van der Waals surface area contributed by atoms with Crippen LogP contribution in [0.3, 0.4) is 0 Å². The summed E-state index contributed by atoms with van der Waals surface area (Å²) in [5.41, 5.74) is 3.98. The third-order valence-corrected chi connectivity index (χ3v) is 7.05. The van der Waals surface area contributed by atoms with Crippen molar-refractivity contribution in [3.8, 4) is 17.2 Å². The first-order chi connectivity index (χ1) is 16.5. The van der Waals surface area contributed by atoms with Crippen molar-refractivity contribution >= 4 is 22.8 Å². The number of rotatable bonds is 5. The van der Waals surface area contributed by atoms with Crippen LogP contribution in [0.4, 0.5) is 0 Å². The molecule has 0 unspecified atom stereocenters. The zero-order valence-electron chi connectivity index (χ0n) is 20.2. The summed E-state index contributed by atoms with van der Waals surface area (Å²) in [4.78, 5) is 15.8. The Morgan fingerprint density at radius 3 is 2.62 bits per heavy atom. The number of carbonyl (C=O) groups excluding carboxylic acids is 1. The van der Waals surface area contributed by atoms with Gasteiger partial charge in [0.2, 0.25) is 5.78 Å². The first-order valence-electron chi connectivity index (χ1n) is 12.2. The standard InChI is InChI=1S/C28H32N2O4/c1-4-30-16-19(21-15-20(33-3)9-10-23(21)30)14-25-27(32)26-18(2)13-24(31)22(28(26)34-25)17-29-11-7-5-6-8-12-29/h9-10,13-16,31H,4-8,11-12,17H2,1-3H3/b25-14-. The number of nitrogens with zero attached hydrogens (tertiary/aromatic N) is 2. The highest BCUT2D eigenvalue weighted by atomic mass is 16.5. The monoisotopic (exact) mass is 460 g/mol. The fourth-order valence-electron chi connectivity index (χ4n) is 5.20. The summed E-state index contributed by atoms with van der Waals surface area (Å²) in [6.45, 7) is 7.34. The Bertz CT molecular complexity index is 1280. The van der Waals surface area contributed by atoms with Gasteiger partial charge >= 0.3 is 0 Å². The number of phenols is 1. The van der Waals surface area contributed by atoms with Crippen LogP contribution in [-0.2, 0) is 13.1 Å². The van der Waals surface area contributed by atoms with Gasteiger partial charge in [0.05, 0.1) is 18.2 Å². The Morgan fingerprint density at radius 2 is 1.91 bits per heavy atom. The first kappa shape index (κ1) is 22.5. The van der Waals surface area contributed by atoms with Crippen molar-refractivity contribution in [3.63, 3.8) is 0 Å². The summed E-state index contributed by atoms with van der Waals surface area (Å²) in [7, 11) is 1.65. The molecule has 6 nitrogen and oxygen atoms in total. The lowest BCUT2D eigenvalue weighted by Gasteiger charge is -2.21. The van der Waals surface area contributed by atoms with Crippen molar-refractivity contribution in [3.05, 3.63) is 58.5 Å². The van der Waals surface area contributed by atoms with Crippen molar-refractivity contribution in [2.24, 2.45) is 0 Å². The Balaban J connectivity index is 1.55. The molecule has 0 radical (unpaired) electrons. The van der Waals surface area contributed by atoms with Crippen molar-refractivity contribution in [1.29, 1.82) is 0 Å². The molecule has 2 aromatic carbocycles. The van der Waals surface area contributed by atoms with E-state index in [-0.39, 0.29) is 11.5 Å². The van der Waals surface area contributed by atoms with E-state index in [0.717, 1.165) is 60.3 Å². The number of ketones is 1. The number of carbonyl (C=O) groups is 1. The van der Waals surface area contributed by atoms with Crippen molar-refractivity contribution < 1.29 is 19.4 Å². The minimum Gasteiger partial charge on any atom is -0.507 e. The topological polar surface area (TPSA) is 63.9 Å². The summed E-state index contributed by atoms with van der Waals surface area (Å²) in [5.74, 6) is 1.63. The maximum absolute atomic E-state index is 13.4. The van der Waals surface area contributed by atoms with E-state index >= 15 is 0 Å². The minimum absolute atomic E-state index is 0.134. The lowest BCUT2D eigenvalue weighted by atomic mass is 9.99. The number of allylic oxidation sites excluding steroid dienone is 1. The highest BCUT2D eigenvalue weighted by Crippen LogP contribution is 2.43. The van der Waals surface area contributed by atoms with Crippen LogP contribution in [0.1, 0.15) is 59.7 Å². The Labute approximate surface area is 200 Å². The van der Waals surface area contributed by atoms with Gasteiger partial charge in [-0.2, -0.15) is 0 Å². The molecule has 34 heavy (non-hydrogen) atoms. The van der Waals surface area contributed by atoms with Gasteiger partial charge in [0.15, 0.2) is 5.76 Å². The Kier molecular flexibility index (Phi) is 6.09. The molecule has 1 saturated heterocycles. The number of aryl methyl sites for hydroxylation is 2. The molecule has 1 fully saturated rings. The maximum atomic E-state index is 13.4. The predicted octanol–water partition coefficient (Wildman–Crippen LogP) is 5.68. The molecule has 2 aliphatic rings. The van der Waals surface area contributed by atoms with Gasteiger partial charge < -0.3 is 19.1 Å². The largest absolute Gasteiger partial charge is 0.507 e. The molecule has 0 bridgehead atoms. The number of likely N-dealkylation sites (tertiary alicyclic amines) is 1. The highest BCUT2D eigenvalue weighted by molar-refractivity contribution is 6.16. The first-order valence-corrected chi connectivity index (χ1v) is 12.2. The lowest BCUT2D eigenvalue weighted by molar-refractivity contribution is 0.101. The van der Waals surface area contributed by atoms with Crippen LogP contribution < -0.4 is 9.47 Å². The highest BCUT2D eigenvalue weighted by Gasteiger charge is 2.34. The predicted molar refractivity (Wildman–Crippen MR) is 134 cm³/mol. The number of methoxy groups -OCH3 is 1. The van der Waals surface area contributed by atoms with Gasteiger partial charge in [-0.05, 0) is 75.7 Å². The van der Waals surface area contributed by atoms with Crippen LogP contribution in [0.15, 0.2) is 36.2 Å². The number of hydrogen-bond acceptors (Lipinski definition) is 5. The average molecular weight is 461 g/mol. The van der Waals surface area contributed by atoms with Crippen LogP contribution >= 0.6 is 0 Å². The normalized spacial score (nSPS) is 17.7. The van der Waals surface area contributed by atoms with E-state index in [9.17, 15) is 9.90 Å². The number of benzene rings is 2. The molecule has 1 N–H and O–H groups in total. The van der Waals surface area contributed by atoms with Gasteiger partial charge in [-0.1, -0.05) is 12.8 Å². The van der Waals surface area contributed by atoms with Gasteiger partial charge in [-0.3, -0.25) is 9.69 Å². The van der Waals surface area contributed by atoms with Crippen molar-refractivity contribution in [2.75, 3.05) is 20.2 Å². The van der Waals surface area contributed by atoms with Gasteiger partial charge in [-0.25, -0.2) is 0 Å². The molecule has 0 atom stereocenters. The molecule has 3 heterocycles. The summed E-state index contributed by atoms with van der Waals surface area (Å²) >= 11 is 0. The van der Waals surface area contributed by atoms with E-state index in [1.165, 1.54) is 12.8 Å². The molecular weight excluding hydrogens is 428 g/mol. The number of ether oxygens (including phenoxy) is 2. The van der Waals surface area contributed by atoms with E-state index < -0.39 is 0 Å². The number of aromatic hydroxyl groups is 1. The average Bonchev–Trinajstić information content (AvgIpc) is 3.21. The zero-order chi connectivity index (χ0) is 23.8. The maximum Gasteiger partial charge on any atom is 0.232 e. The van der Waals surface area contributed by atoms with E-state index in [1.807, 2.05) is 37.4 Å². The molecule has 0 amide bonds. The Hall–Kier alpha value is -3.25. The zero-order valence-corrected chi connectivity index (χ0v) is 20.2. The van der Waals surface area contributed by atoms with E-state index in [1.54, 1.807) is 13.2 Å². The molecule has 6 heteroatoms. The fraction of sp³-hybridized carbons (Fsp3) is 0.393. The van der Waals surface area contributed by atoms with Crippen LogP contribution in [0.5, 0.6) is 17.2 Å². The molecule has 2 aliphatic heterocycles. The molecule has 1 aromatic heterocycles. The second-order valence-corrected chi connectivity index (χ2v) is 9.28. The second-order valence-electron chi connectivity index (χ2n) is 9.28. The van der Waals surface area contributed by atoms with Gasteiger partial charge in [0.25, 0.3) is 0 Å². The molecule has 0 spiro atoms. The van der Waals surface area contributed by atoms with E-state index in [2.05, 4.69) is 16.4 Å². The van der Waals surface area contributed by atoms with Gasteiger partial charge in [-0.15, -0.1) is 0 Å². The van der Waals surface area contributed by atoms with Crippen molar-refractivity contribution in [1.82, 2.24) is 9.47 Å². The smallest absolute Gasteiger partial charge is 0.232 e. The molecule has 0 saturated carbocycles. The van der Waals surface area contributed by atoms with Crippen LogP contribution in [0, 0.1) is 6.92 Å².